The number of alkyl carbamates (subject to hydrolysis) is 1. The maximum absolute atomic E-state index is 12.7. The zero-order chi connectivity index (χ0) is 22.1. The highest BCUT2D eigenvalue weighted by Crippen LogP contribution is 2.44. The zero-order valence-corrected chi connectivity index (χ0v) is 17.6. The van der Waals surface area contributed by atoms with Gasteiger partial charge in [-0.2, -0.15) is 0 Å². The third kappa shape index (κ3) is 3.87. The Balaban J connectivity index is 1.39. The Morgan fingerprint density at radius 1 is 1.10 bits per heavy atom. The van der Waals surface area contributed by atoms with Crippen LogP contribution in [0.25, 0.3) is 11.1 Å². The van der Waals surface area contributed by atoms with Crippen LogP contribution in [0.5, 0.6) is 0 Å². The second-order valence-corrected chi connectivity index (χ2v) is 8.27. The number of carbonyl (C=O) groups is 3. The maximum atomic E-state index is 12.7. The Labute approximate surface area is 181 Å². The number of rotatable bonds is 5. The molecule has 0 radical (unpaired) electrons. The fourth-order valence-electron chi connectivity index (χ4n) is 4.70. The van der Waals surface area contributed by atoms with E-state index in [0.717, 1.165) is 22.3 Å². The number of benzene rings is 2. The van der Waals surface area contributed by atoms with E-state index in [2.05, 4.69) is 17.4 Å². The monoisotopic (exact) mass is 422 g/mol. The molecular formula is C24H26N2O5. The summed E-state index contributed by atoms with van der Waals surface area (Å²) < 4.78 is 5.48. The van der Waals surface area contributed by atoms with Crippen molar-refractivity contribution in [1.82, 2.24) is 10.2 Å². The highest BCUT2D eigenvalue weighted by atomic mass is 16.5. The molecule has 0 bridgehead atoms. The lowest BCUT2D eigenvalue weighted by Gasteiger charge is -2.26. The van der Waals surface area contributed by atoms with Crippen molar-refractivity contribution in [2.24, 2.45) is 5.92 Å². The predicted octanol–water partition coefficient (Wildman–Crippen LogP) is 3.24. The van der Waals surface area contributed by atoms with E-state index in [-0.39, 0.29) is 18.4 Å². The molecule has 1 aliphatic heterocycles. The number of nitrogens with one attached hydrogen (secondary N) is 1. The highest BCUT2D eigenvalue weighted by molar-refractivity contribution is 5.89. The van der Waals surface area contributed by atoms with Crippen LogP contribution in [0.1, 0.15) is 37.3 Å². The van der Waals surface area contributed by atoms with Crippen molar-refractivity contribution in [3.8, 4) is 11.1 Å². The van der Waals surface area contributed by atoms with Crippen LogP contribution in [-0.4, -0.2) is 53.2 Å². The van der Waals surface area contributed by atoms with E-state index in [1.54, 1.807) is 6.92 Å². The van der Waals surface area contributed by atoms with E-state index in [0.29, 0.717) is 13.0 Å². The van der Waals surface area contributed by atoms with Gasteiger partial charge in [-0.15, -0.1) is 0 Å². The molecule has 2 aromatic rings. The second-order valence-electron chi connectivity index (χ2n) is 8.27. The fourth-order valence-corrected chi connectivity index (χ4v) is 4.70. The lowest BCUT2D eigenvalue weighted by atomic mass is 9.98. The summed E-state index contributed by atoms with van der Waals surface area (Å²) in [5.41, 5.74) is 4.49. The number of carboxylic acids is 1. The van der Waals surface area contributed by atoms with Crippen LogP contribution in [0.2, 0.25) is 0 Å². The molecule has 2 amide bonds. The molecule has 1 aliphatic carbocycles. The average Bonchev–Trinajstić information content (AvgIpc) is 3.30. The molecule has 0 spiro atoms. The van der Waals surface area contributed by atoms with Gasteiger partial charge in [0.15, 0.2) is 0 Å². The summed E-state index contributed by atoms with van der Waals surface area (Å²) in [6.07, 6.45) is -0.0674. The Bertz CT molecular complexity index is 975. The van der Waals surface area contributed by atoms with Gasteiger partial charge in [0, 0.05) is 12.5 Å². The minimum absolute atomic E-state index is 0.0695. The molecule has 31 heavy (non-hydrogen) atoms. The Hall–Kier alpha value is -3.35. The van der Waals surface area contributed by atoms with Crippen molar-refractivity contribution in [2.45, 2.75) is 38.3 Å². The van der Waals surface area contributed by atoms with Gasteiger partial charge in [0.1, 0.15) is 18.7 Å². The van der Waals surface area contributed by atoms with Gasteiger partial charge in [0.2, 0.25) is 5.91 Å². The third-order valence-electron chi connectivity index (χ3n) is 6.28. The van der Waals surface area contributed by atoms with E-state index < -0.39 is 30.1 Å². The quantitative estimate of drug-likeness (QED) is 0.771. The molecule has 2 unspecified atom stereocenters. The largest absolute Gasteiger partial charge is 0.480 e. The molecule has 2 aliphatic rings. The first-order valence-electron chi connectivity index (χ1n) is 10.5. The van der Waals surface area contributed by atoms with Crippen LogP contribution in [0.15, 0.2) is 48.5 Å². The lowest BCUT2D eigenvalue weighted by Crippen LogP contribution is -2.51. The number of carboxylic acid groups (broad SMARTS) is 1. The van der Waals surface area contributed by atoms with Crippen molar-refractivity contribution in [2.75, 3.05) is 13.2 Å². The number of aliphatic carboxylic acids is 1. The molecule has 1 heterocycles. The third-order valence-corrected chi connectivity index (χ3v) is 6.28. The van der Waals surface area contributed by atoms with Gasteiger partial charge >= 0.3 is 12.1 Å². The number of nitrogens with zero attached hydrogens (tertiary/aromatic N) is 1. The molecule has 0 saturated carbocycles. The van der Waals surface area contributed by atoms with Crippen molar-refractivity contribution in [1.29, 1.82) is 0 Å². The fraction of sp³-hybridized carbons (Fsp3) is 0.375. The van der Waals surface area contributed by atoms with Gasteiger partial charge < -0.3 is 20.1 Å². The second kappa shape index (κ2) is 8.41. The standard InChI is InChI=1S/C24H26N2O5/c1-14-11-12-26(21(14)23(28)29)22(27)15(2)25-24(30)31-13-20-18-9-5-3-7-16(18)17-8-4-6-10-19(17)20/h3-10,14-15,20-21H,11-13H2,1-2H3,(H,25,30)(H,28,29)/t14?,15-,21?/m0/s1. The summed E-state index contributed by atoms with van der Waals surface area (Å²) in [7, 11) is 0. The van der Waals surface area contributed by atoms with Gasteiger partial charge in [0.05, 0.1) is 0 Å². The van der Waals surface area contributed by atoms with E-state index in [1.807, 2.05) is 43.3 Å². The Kier molecular flexibility index (Phi) is 5.67. The van der Waals surface area contributed by atoms with E-state index in [9.17, 15) is 19.5 Å². The molecule has 0 aromatic heterocycles. The molecular weight excluding hydrogens is 396 g/mol. The summed E-state index contributed by atoms with van der Waals surface area (Å²) in [6, 6.07) is 14.4. The van der Waals surface area contributed by atoms with Crippen LogP contribution < -0.4 is 5.32 Å². The van der Waals surface area contributed by atoms with Crippen molar-refractivity contribution in [3.05, 3.63) is 59.7 Å². The number of likely N-dealkylation sites (tertiary alicyclic amines) is 1. The van der Waals surface area contributed by atoms with Crippen LogP contribution in [0, 0.1) is 5.92 Å². The van der Waals surface area contributed by atoms with Gasteiger partial charge in [-0.25, -0.2) is 9.59 Å². The van der Waals surface area contributed by atoms with E-state index >= 15 is 0 Å². The number of carbonyl (C=O) groups excluding carboxylic acids is 2. The van der Waals surface area contributed by atoms with Crippen molar-refractivity contribution >= 4 is 18.0 Å². The average molecular weight is 422 g/mol. The van der Waals surface area contributed by atoms with Crippen molar-refractivity contribution < 1.29 is 24.2 Å². The van der Waals surface area contributed by atoms with Gasteiger partial charge in [-0.1, -0.05) is 55.5 Å². The Morgan fingerprint density at radius 3 is 2.26 bits per heavy atom. The van der Waals surface area contributed by atoms with Crippen LogP contribution in [0.3, 0.4) is 0 Å². The first kappa shape index (κ1) is 20.9. The summed E-state index contributed by atoms with van der Waals surface area (Å²) in [6.45, 7) is 3.88. The number of hydrogen-bond acceptors (Lipinski definition) is 4. The lowest BCUT2D eigenvalue weighted by molar-refractivity contribution is -0.150. The zero-order valence-electron chi connectivity index (χ0n) is 17.6. The van der Waals surface area contributed by atoms with Crippen LogP contribution in [0.4, 0.5) is 4.79 Å². The van der Waals surface area contributed by atoms with Gasteiger partial charge in [0.25, 0.3) is 0 Å². The molecule has 2 N–H and O–H groups in total. The molecule has 2 aromatic carbocycles. The van der Waals surface area contributed by atoms with Crippen LogP contribution >= 0.6 is 0 Å². The highest BCUT2D eigenvalue weighted by Gasteiger charge is 2.41. The Morgan fingerprint density at radius 2 is 1.68 bits per heavy atom. The smallest absolute Gasteiger partial charge is 0.407 e. The maximum Gasteiger partial charge on any atom is 0.407 e. The van der Waals surface area contributed by atoms with E-state index in [1.165, 1.54) is 4.90 Å². The number of amides is 2. The molecule has 162 valence electrons. The van der Waals surface area contributed by atoms with Crippen LogP contribution in [-0.2, 0) is 14.3 Å². The topological polar surface area (TPSA) is 95.9 Å². The first-order valence-corrected chi connectivity index (χ1v) is 10.5. The molecule has 7 heteroatoms. The minimum atomic E-state index is -1.02. The summed E-state index contributed by atoms with van der Waals surface area (Å²) in [5.74, 6) is -1.62. The van der Waals surface area contributed by atoms with Crippen molar-refractivity contribution in [3.63, 3.8) is 0 Å². The molecule has 1 saturated heterocycles. The number of ether oxygens (including phenoxy) is 1. The number of fused-ring (bicyclic) bond motifs is 3. The number of hydrogen-bond donors (Lipinski definition) is 2. The first-order chi connectivity index (χ1) is 14.9. The summed E-state index contributed by atoms with van der Waals surface area (Å²) >= 11 is 0. The predicted molar refractivity (Wildman–Crippen MR) is 115 cm³/mol. The summed E-state index contributed by atoms with van der Waals surface area (Å²) in [4.78, 5) is 38.0. The normalized spacial score (nSPS) is 20.6. The molecule has 1 fully saturated rings. The van der Waals surface area contributed by atoms with E-state index in [4.69, 9.17) is 4.74 Å². The molecule has 3 atom stereocenters. The molecule has 7 nitrogen and oxygen atoms in total. The molecule has 4 rings (SSSR count). The summed E-state index contributed by atoms with van der Waals surface area (Å²) in [5, 5.41) is 12.0. The van der Waals surface area contributed by atoms with Gasteiger partial charge in [-0.05, 0) is 41.5 Å². The minimum Gasteiger partial charge on any atom is -0.480 e. The van der Waals surface area contributed by atoms with Gasteiger partial charge in [-0.3, -0.25) is 4.79 Å². The SMILES string of the molecule is CC1CCN(C(=O)[C@H](C)NC(=O)OCC2c3ccccc3-c3ccccc32)C1C(=O)O.